The number of carbonyl (C=O) groups is 1. The molecule has 2 heterocycles. The SMILES string of the molecule is CCc1cccc(CC)c1-n1nc2c(c1-c1cc(F)c(NC(=O)NCO)cc1F)CN(Cc1ccc(C(F)(F)F)cc1C)C2(C)C. The average Bonchev–Trinajstić information content (AvgIpc) is 3.48. The van der Waals surface area contributed by atoms with Crippen LogP contribution in [0.25, 0.3) is 16.9 Å². The number of amides is 2. The summed E-state index contributed by atoms with van der Waals surface area (Å²) in [4.78, 5) is 14.0. The molecule has 244 valence electrons. The number of hydrogen-bond donors (Lipinski definition) is 3. The highest BCUT2D eigenvalue weighted by Gasteiger charge is 2.44. The zero-order valence-electron chi connectivity index (χ0n) is 26.2. The molecule has 0 saturated heterocycles. The van der Waals surface area contributed by atoms with Crippen molar-refractivity contribution in [3.05, 3.63) is 99.2 Å². The Bertz CT molecular complexity index is 1780. The number of carbonyl (C=O) groups excluding carboxylic acids is 1. The van der Waals surface area contributed by atoms with E-state index in [4.69, 9.17) is 10.2 Å². The molecule has 0 bridgehead atoms. The summed E-state index contributed by atoms with van der Waals surface area (Å²) in [6, 6.07) is 10.6. The van der Waals surface area contributed by atoms with Crippen molar-refractivity contribution in [3.63, 3.8) is 0 Å². The predicted octanol–water partition coefficient (Wildman–Crippen LogP) is 7.59. The van der Waals surface area contributed by atoms with Crippen LogP contribution in [0, 0.1) is 18.6 Å². The number of para-hydroxylation sites is 1. The third kappa shape index (κ3) is 5.99. The first kappa shape index (κ1) is 33.1. The lowest BCUT2D eigenvalue weighted by atomic mass is 9.97. The fraction of sp³-hybridized carbons (Fsp3) is 0.353. The molecule has 4 aromatic rings. The van der Waals surface area contributed by atoms with Gasteiger partial charge in [0.2, 0.25) is 0 Å². The number of rotatable bonds is 8. The van der Waals surface area contributed by atoms with E-state index >= 15 is 8.78 Å². The van der Waals surface area contributed by atoms with Crippen molar-refractivity contribution in [2.75, 3.05) is 12.0 Å². The number of halogens is 5. The van der Waals surface area contributed by atoms with E-state index in [9.17, 15) is 18.0 Å². The Hall–Kier alpha value is -4.29. The maximum atomic E-state index is 16.0. The number of aliphatic hydroxyl groups is 1. The second kappa shape index (κ2) is 12.5. The molecule has 3 aromatic carbocycles. The largest absolute Gasteiger partial charge is 0.416 e. The number of nitrogens with zero attached hydrogens (tertiary/aromatic N) is 3. The lowest BCUT2D eigenvalue weighted by Crippen LogP contribution is -2.36. The lowest BCUT2D eigenvalue weighted by molar-refractivity contribution is -0.137. The highest BCUT2D eigenvalue weighted by atomic mass is 19.4. The topological polar surface area (TPSA) is 82.4 Å². The molecular formula is C34H36F5N5O2. The fourth-order valence-corrected chi connectivity index (χ4v) is 6.13. The van der Waals surface area contributed by atoms with Crippen LogP contribution in [-0.4, -0.2) is 32.5 Å². The van der Waals surface area contributed by atoms with Gasteiger partial charge in [-0.15, -0.1) is 0 Å². The highest BCUT2D eigenvalue weighted by Crippen LogP contribution is 2.46. The average molecular weight is 642 g/mol. The second-order valence-electron chi connectivity index (χ2n) is 11.9. The van der Waals surface area contributed by atoms with Gasteiger partial charge in [-0.1, -0.05) is 38.1 Å². The predicted molar refractivity (Wildman–Crippen MR) is 165 cm³/mol. The Morgan fingerprint density at radius 2 is 1.67 bits per heavy atom. The molecule has 1 aromatic heterocycles. The number of aromatic nitrogens is 2. The molecule has 2 amide bonds. The molecule has 12 heteroatoms. The van der Waals surface area contributed by atoms with Crippen LogP contribution in [0.2, 0.25) is 0 Å². The molecule has 1 aliphatic heterocycles. The molecule has 0 atom stereocenters. The summed E-state index contributed by atoms with van der Waals surface area (Å²) in [6.07, 6.45) is -3.13. The minimum atomic E-state index is -4.45. The number of fused-ring (bicyclic) bond motifs is 1. The van der Waals surface area contributed by atoms with Crippen LogP contribution in [0.1, 0.15) is 66.8 Å². The van der Waals surface area contributed by atoms with Crippen molar-refractivity contribution in [1.82, 2.24) is 20.0 Å². The maximum Gasteiger partial charge on any atom is 0.416 e. The van der Waals surface area contributed by atoms with Crippen LogP contribution in [0.15, 0.2) is 48.5 Å². The first-order valence-corrected chi connectivity index (χ1v) is 15.0. The molecule has 7 nitrogen and oxygen atoms in total. The van der Waals surface area contributed by atoms with E-state index in [-0.39, 0.29) is 12.1 Å². The maximum absolute atomic E-state index is 16.0. The molecule has 5 rings (SSSR count). The van der Waals surface area contributed by atoms with Gasteiger partial charge in [-0.05, 0) is 74.1 Å². The van der Waals surface area contributed by atoms with Gasteiger partial charge in [0, 0.05) is 30.3 Å². The van der Waals surface area contributed by atoms with Crippen molar-refractivity contribution in [3.8, 4) is 16.9 Å². The molecular weight excluding hydrogens is 605 g/mol. The van der Waals surface area contributed by atoms with Crippen LogP contribution in [-0.2, 0) is 37.6 Å². The lowest BCUT2D eigenvalue weighted by Gasteiger charge is -2.32. The Morgan fingerprint density at radius 1 is 1.00 bits per heavy atom. The van der Waals surface area contributed by atoms with Gasteiger partial charge in [0.15, 0.2) is 0 Å². The Morgan fingerprint density at radius 3 is 2.26 bits per heavy atom. The zero-order valence-corrected chi connectivity index (χ0v) is 26.2. The Kier molecular flexibility index (Phi) is 8.98. The molecule has 0 fully saturated rings. The van der Waals surface area contributed by atoms with Gasteiger partial charge in [-0.3, -0.25) is 4.90 Å². The quantitative estimate of drug-likeness (QED) is 0.137. The van der Waals surface area contributed by atoms with Crippen LogP contribution in [0.3, 0.4) is 0 Å². The minimum absolute atomic E-state index is 0.0595. The van der Waals surface area contributed by atoms with E-state index < -0.39 is 47.4 Å². The molecule has 3 N–H and O–H groups in total. The van der Waals surface area contributed by atoms with E-state index in [0.29, 0.717) is 47.5 Å². The minimum Gasteiger partial charge on any atom is -0.376 e. The number of hydrogen-bond acceptors (Lipinski definition) is 4. The smallest absolute Gasteiger partial charge is 0.376 e. The fourth-order valence-electron chi connectivity index (χ4n) is 6.13. The van der Waals surface area contributed by atoms with Crippen LogP contribution < -0.4 is 10.6 Å². The van der Waals surface area contributed by atoms with E-state index in [1.165, 1.54) is 6.07 Å². The Labute approximate surface area is 264 Å². The van der Waals surface area contributed by atoms with Gasteiger partial charge in [0.25, 0.3) is 0 Å². The van der Waals surface area contributed by atoms with Crippen LogP contribution in [0.4, 0.5) is 32.4 Å². The van der Waals surface area contributed by atoms with Crippen LogP contribution in [0.5, 0.6) is 0 Å². The standard InChI is InChI=1S/C34H36F5N5O2/c1-6-20-9-8-10-21(7-2)29(20)44-30(24-14-27(36)28(15-26(24)35)41-32(46)40-18-45)25-17-43(33(4,5)31(25)42-44)16-22-11-12-23(13-19(22)3)34(37,38)39/h8-15,45H,6-7,16-18H2,1-5H3,(H2,40,41,46). The number of urea groups is 1. The summed E-state index contributed by atoms with van der Waals surface area (Å²) in [5.41, 5.74) is 3.67. The highest BCUT2D eigenvalue weighted by molar-refractivity contribution is 5.89. The second-order valence-corrected chi connectivity index (χ2v) is 11.9. The summed E-state index contributed by atoms with van der Waals surface area (Å²) < 4.78 is 73.2. The van der Waals surface area contributed by atoms with E-state index in [1.807, 2.05) is 45.9 Å². The van der Waals surface area contributed by atoms with Crippen molar-refractivity contribution in [1.29, 1.82) is 0 Å². The number of alkyl halides is 3. The number of benzene rings is 3. The first-order chi connectivity index (χ1) is 21.7. The summed E-state index contributed by atoms with van der Waals surface area (Å²) in [5.74, 6) is -1.69. The summed E-state index contributed by atoms with van der Waals surface area (Å²) in [6.45, 7) is 9.45. The van der Waals surface area contributed by atoms with Gasteiger partial charge in [-0.25, -0.2) is 18.3 Å². The normalized spacial score (nSPS) is 14.4. The van der Waals surface area contributed by atoms with Crippen molar-refractivity contribution in [2.24, 2.45) is 0 Å². The number of anilines is 1. The number of nitrogens with one attached hydrogen (secondary N) is 2. The van der Waals surface area contributed by atoms with E-state index in [1.54, 1.807) is 11.6 Å². The Balaban J connectivity index is 1.66. The van der Waals surface area contributed by atoms with E-state index in [0.717, 1.165) is 41.1 Å². The third-order valence-electron chi connectivity index (χ3n) is 8.71. The molecule has 0 aliphatic carbocycles. The first-order valence-electron chi connectivity index (χ1n) is 15.0. The van der Waals surface area contributed by atoms with Gasteiger partial charge < -0.3 is 15.7 Å². The third-order valence-corrected chi connectivity index (χ3v) is 8.71. The summed E-state index contributed by atoms with van der Waals surface area (Å²) >= 11 is 0. The van der Waals surface area contributed by atoms with Gasteiger partial charge in [0.05, 0.1) is 33.9 Å². The number of aliphatic hydroxyl groups excluding tert-OH is 1. The van der Waals surface area contributed by atoms with Crippen LogP contribution >= 0.6 is 0 Å². The van der Waals surface area contributed by atoms with Gasteiger partial charge >= 0.3 is 12.2 Å². The molecule has 0 unspecified atom stereocenters. The van der Waals surface area contributed by atoms with Gasteiger partial charge in [-0.2, -0.15) is 18.3 Å². The molecule has 0 radical (unpaired) electrons. The number of aryl methyl sites for hydroxylation is 3. The van der Waals surface area contributed by atoms with Crippen molar-refractivity contribution >= 4 is 11.7 Å². The molecule has 1 aliphatic rings. The monoisotopic (exact) mass is 641 g/mol. The molecule has 0 spiro atoms. The summed E-state index contributed by atoms with van der Waals surface area (Å²) in [7, 11) is 0. The van der Waals surface area contributed by atoms with Crippen molar-refractivity contribution < 1.29 is 31.9 Å². The summed E-state index contributed by atoms with van der Waals surface area (Å²) in [5, 5.41) is 18.3. The molecule has 0 saturated carbocycles. The van der Waals surface area contributed by atoms with Gasteiger partial charge in [0.1, 0.15) is 18.4 Å². The molecule has 46 heavy (non-hydrogen) atoms. The van der Waals surface area contributed by atoms with E-state index in [2.05, 4.69) is 15.5 Å². The van der Waals surface area contributed by atoms with Crippen molar-refractivity contribution in [2.45, 2.75) is 72.3 Å². The zero-order chi connectivity index (χ0) is 33.6.